The highest BCUT2D eigenvalue weighted by molar-refractivity contribution is 7.10. The topological polar surface area (TPSA) is 57.8 Å². The summed E-state index contributed by atoms with van der Waals surface area (Å²) >= 11 is 1.55. The molecule has 0 atom stereocenters. The van der Waals surface area contributed by atoms with E-state index in [0.717, 1.165) is 10.6 Å². The molecule has 0 aliphatic rings. The van der Waals surface area contributed by atoms with Crippen molar-refractivity contribution in [3.05, 3.63) is 50.6 Å². The second-order valence-corrected chi connectivity index (χ2v) is 4.63. The fraction of sp³-hybridized carbons (Fsp3) is 0.167. The van der Waals surface area contributed by atoms with Gasteiger partial charge in [0.2, 0.25) is 5.56 Å². The van der Waals surface area contributed by atoms with Gasteiger partial charge in [0.1, 0.15) is 6.07 Å². The zero-order valence-electron chi connectivity index (χ0n) is 9.30. The Morgan fingerprint density at radius 2 is 2.35 bits per heavy atom. The molecule has 0 aliphatic heterocycles. The molecule has 2 aromatic heterocycles. The third kappa shape index (κ3) is 2.74. The van der Waals surface area contributed by atoms with Gasteiger partial charge in [-0.05, 0) is 12.1 Å². The fourth-order valence-corrected chi connectivity index (χ4v) is 2.17. The number of nitriles is 1. The van der Waals surface area contributed by atoms with Crippen LogP contribution in [0, 0.1) is 11.3 Å². The molecule has 0 fully saturated rings. The van der Waals surface area contributed by atoms with Gasteiger partial charge in [-0.2, -0.15) is 5.26 Å². The van der Waals surface area contributed by atoms with Crippen molar-refractivity contribution in [2.24, 2.45) is 7.05 Å². The predicted octanol–water partition coefficient (Wildman–Crippen LogP) is 1.93. The number of anilines is 1. The number of hydrogen-bond donors (Lipinski definition) is 1. The van der Waals surface area contributed by atoms with Crippen LogP contribution < -0.4 is 10.9 Å². The fourth-order valence-electron chi connectivity index (χ4n) is 1.42. The SMILES string of the molecule is Cn1cc(NCc2cc(C#N)cs2)ccc1=O. The highest BCUT2D eigenvalue weighted by Gasteiger charge is 1.99. The average Bonchev–Trinajstić information content (AvgIpc) is 2.79. The minimum absolute atomic E-state index is 0.0292. The van der Waals surface area contributed by atoms with E-state index in [0.29, 0.717) is 12.1 Å². The van der Waals surface area contributed by atoms with E-state index in [1.54, 1.807) is 30.6 Å². The van der Waals surface area contributed by atoms with Crippen molar-refractivity contribution in [2.45, 2.75) is 6.54 Å². The Bertz CT molecular complexity index is 621. The van der Waals surface area contributed by atoms with Gasteiger partial charge in [-0.1, -0.05) is 0 Å². The van der Waals surface area contributed by atoms with E-state index in [9.17, 15) is 4.79 Å². The van der Waals surface area contributed by atoms with Crippen LogP contribution in [0.25, 0.3) is 0 Å². The maximum atomic E-state index is 11.2. The molecule has 1 N–H and O–H groups in total. The summed E-state index contributed by atoms with van der Waals surface area (Å²) < 4.78 is 1.53. The van der Waals surface area contributed by atoms with E-state index >= 15 is 0 Å². The number of aryl methyl sites for hydroxylation is 1. The second-order valence-electron chi connectivity index (χ2n) is 3.63. The average molecular weight is 245 g/mol. The highest BCUT2D eigenvalue weighted by atomic mass is 32.1. The van der Waals surface area contributed by atoms with Gasteiger partial charge in [0, 0.05) is 36.1 Å². The van der Waals surface area contributed by atoms with Gasteiger partial charge in [-0.15, -0.1) is 11.3 Å². The van der Waals surface area contributed by atoms with Gasteiger partial charge in [0.25, 0.3) is 0 Å². The molecular formula is C12H11N3OS. The van der Waals surface area contributed by atoms with Crippen LogP contribution >= 0.6 is 11.3 Å². The normalized spacial score (nSPS) is 9.88. The van der Waals surface area contributed by atoms with Crippen LogP contribution in [-0.2, 0) is 13.6 Å². The van der Waals surface area contributed by atoms with Crippen molar-refractivity contribution < 1.29 is 0 Å². The summed E-state index contributed by atoms with van der Waals surface area (Å²) in [5.74, 6) is 0. The first-order valence-electron chi connectivity index (χ1n) is 5.07. The van der Waals surface area contributed by atoms with Crippen LogP contribution in [0.15, 0.2) is 34.6 Å². The summed E-state index contributed by atoms with van der Waals surface area (Å²) in [6, 6.07) is 7.24. The van der Waals surface area contributed by atoms with Crippen LogP contribution in [0.5, 0.6) is 0 Å². The third-order valence-electron chi connectivity index (χ3n) is 2.34. The summed E-state index contributed by atoms with van der Waals surface area (Å²) in [6.45, 7) is 0.657. The number of nitrogens with one attached hydrogen (secondary N) is 1. The summed E-state index contributed by atoms with van der Waals surface area (Å²) in [7, 11) is 1.71. The van der Waals surface area contributed by atoms with Crippen LogP contribution in [0.1, 0.15) is 10.4 Å². The van der Waals surface area contributed by atoms with E-state index in [4.69, 9.17) is 5.26 Å². The third-order valence-corrected chi connectivity index (χ3v) is 3.27. The largest absolute Gasteiger partial charge is 0.379 e. The first kappa shape index (κ1) is 11.4. The number of aromatic nitrogens is 1. The minimum atomic E-state index is -0.0292. The van der Waals surface area contributed by atoms with Gasteiger partial charge < -0.3 is 9.88 Å². The van der Waals surface area contributed by atoms with Crippen molar-refractivity contribution >= 4 is 17.0 Å². The van der Waals surface area contributed by atoms with E-state index in [-0.39, 0.29) is 5.56 Å². The molecule has 0 bridgehead atoms. The molecule has 17 heavy (non-hydrogen) atoms. The molecule has 4 nitrogen and oxygen atoms in total. The van der Waals surface area contributed by atoms with Gasteiger partial charge >= 0.3 is 0 Å². The standard InChI is InChI=1S/C12H11N3OS/c1-15-7-10(2-3-12(15)16)14-6-11-4-9(5-13)8-17-11/h2-4,7-8,14H,6H2,1H3. The van der Waals surface area contributed by atoms with Gasteiger partial charge in [0.05, 0.1) is 11.3 Å². The Hall–Kier alpha value is -2.06. The molecular weight excluding hydrogens is 234 g/mol. The number of hydrogen-bond acceptors (Lipinski definition) is 4. The Kier molecular flexibility index (Phi) is 3.26. The highest BCUT2D eigenvalue weighted by Crippen LogP contribution is 2.15. The summed E-state index contributed by atoms with van der Waals surface area (Å²) in [4.78, 5) is 12.3. The number of thiophene rings is 1. The lowest BCUT2D eigenvalue weighted by atomic mass is 10.3. The maximum Gasteiger partial charge on any atom is 0.250 e. The summed E-state index contributed by atoms with van der Waals surface area (Å²) in [5, 5.41) is 13.7. The molecule has 0 aliphatic carbocycles. The lowest BCUT2D eigenvalue weighted by molar-refractivity contribution is 0.859. The zero-order chi connectivity index (χ0) is 12.3. The van der Waals surface area contributed by atoms with Crippen LogP contribution in [0.4, 0.5) is 5.69 Å². The molecule has 2 rings (SSSR count). The number of nitrogens with zero attached hydrogens (tertiary/aromatic N) is 2. The van der Waals surface area contributed by atoms with E-state index in [1.807, 2.05) is 11.4 Å². The molecule has 0 spiro atoms. The molecule has 2 heterocycles. The number of pyridine rings is 1. The molecule has 5 heteroatoms. The maximum absolute atomic E-state index is 11.2. The second kappa shape index (κ2) is 4.85. The smallest absolute Gasteiger partial charge is 0.250 e. The molecule has 86 valence electrons. The minimum Gasteiger partial charge on any atom is -0.379 e. The molecule has 0 radical (unpaired) electrons. The summed E-state index contributed by atoms with van der Waals surface area (Å²) in [5.41, 5.74) is 1.55. The van der Waals surface area contributed by atoms with Crippen LogP contribution in [0.3, 0.4) is 0 Å². The van der Waals surface area contributed by atoms with Crippen molar-refractivity contribution in [2.75, 3.05) is 5.32 Å². The van der Waals surface area contributed by atoms with Crippen molar-refractivity contribution in [1.82, 2.24) is 4.57 Å². The van der Waals surface area contributed by atoms with E-state index in [1.165, 1.54) is 10.6 Å². The Balaban J connectivity index is 2.05. The van der Waals surface area contributed by atoms with E-state index < -0.39 is 0 Å². The van der Waals surface area contributed by atoms with Crippen LogP contribution in [-0.4, -0.2) is 4.57 Å². The van der Waals surface area contributed by atoms with Gasteiger partial charge in [-0.3, -0.25) is 4.79 Å². The van der Waals surface area contributed by atoms with Gasteiger partial charge in [0.15, 0.2) is 0 Å². The first-order valence-corrected chi connectivity index (χ1v) is 5.95. The Morgan fingerprint density at radius 3 is 3.00 bits per heavy atom. The Labute approximate surface area is 103 Å². The molecule has 0 unspecified atom stereocenters. The molecule has 0 saturated heterocycles. The lowest BCUT2D eigenvalue weighted by Gasteiger charge is -2.05. The molecule has 0 aromatic carbocycles. The molecule has 2 aromatic rings. The molecule has 0 saturated carbocycles. The summed E-state index contributed by atoms with van der Waals surface area (Å²) in [6.07, 6.45) is 1.75. The molecule has 0 amide bonds. The van der Waals surface area contributed by atoms with Crippen molar-refractivity contribution in [3.63, 3.8) is 0 Å². The van der Waals surface area contributed by atoms with Crippen molar-refractivity contribution in [3.8, 4) is 6.07 Å². The van der Waals surface area contributed by atoms with Crippen LogP contribution in [0.2, 0.25) is 0 Å². The quantitative estimate of drug-likeness (QED) is 0.899. The van der Waals surface area contributed by atoms with Gasteiger partial charge in [-0.25, -0.2) is 0 Å². The monoisotopic (exact) mass is 245 g/mol. The number of rotatable bonds is 3. The predicted molar refractivity (Wildman–Crippen MR) is 68.0 cm³/mol. The lowest BCUT2D eigenvalue weighted by Crippen LogP contribution is -2.15. The van der Waals surface area contributed by atoms with Crippen molar-refractivity contribution in [1.29, 1.82) is 5.26 Å². The zero-order valence-corrected chi connectivity index (χ0v) is 10.1. The Morgan fingerprint density at radius 1 is 1.53 bits per heavy atom. The first-order chi connectivity index (χ1) is 8.19. The van der Waals surface area contributed by atoms with E-state index in [2.05, 4.69) is 11.4 Å².